The topological polar surface area (TPSA) is 46.5 Å². The molecule has 1 aliphatic rings. The van der Waals surface area contributed by atoms with Gasteiger partial charge in [-0.3, -0.25) is 9.98 Å². The van der Waals surface area contributed by atoms with E-state index in [1.165, 1.54) is 0 Å². The van der Waals surface area contributed by atoms with Gasteiger partial charge in [-0.05, 0) is 49.1 Å². The summed E-state index contributed by atoms with van der Waals surface area (Å²) < 4.78 is 70.6. The van der Waals surface area contributed by atoms with Crippen LogP contribution in [0.15, 0.2) is 47.7 Å². The van der Waals surface area contributed by atoms with Crippen LogP contribution >= 0.6 is 0 Å². The maximum absolute atomic E-state index is 13.3. The first-order chi connectivity index (χ1) is 17.1. The van der Waals surface area contributed by atoms with Gasteiger partial charge in [0.15, 0.2) is 0 Å². The standard InChI is InChI=1S/C27H32F5N3O/c1-4-6-7-19(14-17(3)5-2)35-23-11-13-34-25(20-10-12-33-16-22(20)23)21-9-8-18(27(30,31)32)15-24(21)36-26(28)29/h8-12,15-17,19,26,35H,4-7,13-14H2,1-3H3. The highest BCUT2D eigenvalue weighted by Gasteiger charge is 2.32. The summed E-state index contributed by atoms with van der Waals surface area (Å²) in [7, 11) is 0. The number of aromatic nitrogens is 1. The Morgan fingerprint density at radius 3 is 2.53 bits per heavy atom. The molecule has 36 heavy (non-hydrogen) atoms. The minimum Gasteiger partial charge on any atom is -0.434 e. The number of hydrogen-bond acceptors (Lipinski definition) is 4. The van der Waals surface area contributed by atoms with Gasteiger partial charge < -0.3 is 10.1 Å². The zero-order chi connectivity index (χ0) is 26.3. The maximum atomic E-state index is 13.3. The molecule has 2 aromatic rings. The third-order valence-corrected chi connectivity index (χ3v) is 6.34. The highest BCUT2D eigenvalue weighted by molar-refractivity contribution is 6.17. The van der Waals surface area contributed by atoms with Gasteiger partial charge in [0.25, 0.3) is 0 Å². The van der Waals surface area contributed by atoms with Crippen molar-refractivity contribution < 1.29 is 26.7 Å². The van der Waals surface area contributed by atoms with E-state index in [0.29, 0.717) is 23.1 Å². The first kappa shape index (κ1) is 27.6. The van der Waals surface area contributed by atoms with Crippen LogP contribution in [0, 0.1) is 5.92 Å². The third kappa shape index (κ3) is 7.04. The molecule has 3 rings (SSSR count). The molecule has 0 radical (unpaired) electrons. The number of rotatable bonds is 11. The summed E-state index contributed by atoms with van der Waals surface area (Å²) in [6.07, 6.45) is 5.60. The highest BCUT2D eigenvalue weighted by atomic mass is 19.4. The van der Waals surface area contributed by atoms with Gasteiger partial charge in [0.2, 0.25) is 0 Å². The number of halogens is 5. The van der Waals surface area contributed by atoms with E-state index < -0.39 is 24.1 Å². The fraction of sp³-hybridized carbons (Fsp3) is 0.481. The molecule has 0 saturated carbocycles. The minimum absolute atomic E-state index is 0.0625. The molecule has 0 saturated heterocycles. The average Bonchev–Trinajstić information content (AvgIpc) is 3.01. The SMILES string of the molecule is CCCCC(CC(C)CC)NC1=CCN=C(c2ccc(C(F)(F)F)cc2OC(F)F)c2ccncc21. The quantitative estimate of drug-likeness (QED) is 0.320. The number of alkyl halides is 5. The van der Waals surface area contributed by atoms with Crippen molar-refractivity contribution in [3.63, 3.8) is 0 Å². The molecule has 0 bridgehead atoms. The fourth-order valence-electron chi connectivity index (χ4n) is 4.27. The van der Waals surface area contributed by atoms with Crippen LogP contribution < -0.4 is 10.1 Å². The molecule has 1 aliphatic heterocycles. The molecule has 0 aliphatic carbocycles. The molecule has 2 atom stereocenters. The fourth-order valence-corrected chi connectivity index (χ4v) is 4.27. The Hall–Kier alpha value is -2.97. The number of aliphatic imine (C=N–C) groups is 1. The number of nitrogens with zero attached hydrogens (tertiary/aromatic N) is 2. The van der Waals surface area contributed by atoms with Gasteiger partial charge in [0.05, 0.1) is 17.8 Å². The van der Waals surface area contributed by atoms with E-state index in [9.17, 15) is 22.0 Å². The first-order valence-corrected chi connectivity index (χ1v) is 12.3. The molecule has 4 nitrogen and oxygen atoms in total. The van der Waals surface area contributed by atoms with Crippen molar-refractivity contribution in [2.45, 2.75) is 71.7 Å². The lowest BCUT2D eigenvalue weighted by Crippen LogP contribution is -2.30. The molecule has 2 unspecified atom stereocenters. The van der Waals surface area contributed by atoms with Crippen LogP contribution in [-0.4, -0.2) is 29.9 Å². The van der Waals surface area contributed by atoms with Crippen molar-refractivity contribution >= 4 is 11.4 Å². The first-order valence-electron chi connectivity index (χ1n) is 12.3. The zero-order valence-electron chi connectivity index (χ0n) is 20.7. The van der Waals surface area contributed by atoms with Crippen molar-refractivity contribution in [3.05, 3.63) is 65.0 Å². The normalized spacial score (nSPS) is 15.5. The molecule has 0 spiro atoms. The Balaban J connectivity index is 2.01. The van der Waals surface area contributed by atoms with Gasteiger partial charge in [0, 0.05) is 40.8 Å². The van der Waals surface area contributed by atoms with Crippen LogP contribution in [0.25, 0.3) is 5.70 Å². The number of unbranched alkanes of at least 4 members (excludes halogenated alkanes) is 1. The summed E-state index contributed by atoms with van der Waals surface area (Å²) in [6, 6.07) is 4.49. The van der Waals surface area contributed by atoms with Crippen molar-refractivity contribution in [1.82, 2.24) is 10.3 Å². The third-order valence-electron chi connectivity index (χ3n) is 6.34. The number of nitrogens with one attached hydrogen (secondary N) is 1. The van der Waals surface area contributed by atoms with Gasteiger partial charge in [-0.25, -0.2) is 0 Å². The number of pyridine rings is 1. The second kappa shape index (κ2) is 12.3. The van der Waals surface area contributed by atoms with Gasteiger partial charge in [-0.15, -0.1) is 0 Å². The monoisotopic (exact) mass is 509 g/mol. The van der Waals surface area contributed by atoms with Crippen LogP contribution in [0.3, 0.4) is 0 Å². The zero-order valence-corrected chi connectivity index (χ0v) is 20.7. The van der Waals surface area contributed by atoms with Crippen LogP contribution in [0.5, 0.6) is 5.75 Å². The molecule has 1 N–H and O–H groups in total. The highest BCUT2D eigenvalue weighted by Crippen LogP contribution is 2.36. The summed E-state index contributed by atoms with van der Waals surface area (Å²) in [4.78, 5) is 8.80. The van der Waals surface area contributed by atoms with E-state index in [2.05, 4.69) is 40.8 Å². The predicted molar refractivity (Wildman–Crippen MR) is 131 cm³/mol. The lowest BCUT2D eigenvalue weighted by molar-refractivity contribution is -0.138. The Bertz CT molecular complexity index is 1080. The van der Waals surface area contributed by atoms with Gasteiger partial charge in [-0.2, -0.15) is 22.0 Å². The summed E-state index contributed by atoms with van der Waals surface area (Å²) in [5, 5.41) is 3.65. The van der Waals surface area contributed by atoms with Crippen molar-refractivity contribution in [2.75, 3.05) is 6.54 Å². The van der Waals surface area contributed by atoms with Crippen LogP contribution in [-0.2, 0) is 6.18 Å². The van der Waals surface area contributed by atoms with Crippen LogP contribution in [0.4, 0.5) is 22.0 Å². The molecule has 196 valence electrons. The molecular formula is C27H32F5N3O. The molecule has 1 aromatic heterocycles. The Kier molecular flexibility index (Phi) is 9.45. The van der Waals surface area contributed by atoms with Crippen molar-refractivity contribution in [2.24, 2.45) is 10.9 Å². The summed E-state index contributed by atoms with van der Waals surface area (Å²) >= 11 is 0. The predicted octanol–water partition coefficient (Wildman–Crippen LogP) is 7.48. The van der Waals surface area contributed by atoms with E-state index in [0.717, 1.165) is 49.9 Å². The second-order valence-corrected chi connectivity index (χ2v) is 9.05. The Labute approximate surface area is 208 Å². The average molecular weight is 510 g/mol. The van der Waals surface area contributed by atoms with Crippen molar-refractivity contribution in [1.29, 1.82) is 0 Å². The van der Waals surface area contributed by atoms with Crippen LogP contribution in [0.1, 0.15) is 75.1 Å². The van der Waals surface area contributed by atoms with E-state index in [4.69, 9.17) is 0 Å². The Morgan fingerprint density at radius 1 is 1.08 bits per heavy atom. The smallest absolute Gasteiger partial charge is 0.416 e. The van der Waals surface area contributed by atoms with E-state index in [1.54, 1.807) is 18.5 Å². The maximum Gasteiger partial charge on any atom is 0.416 e. The molecule has 1 aromatic carbocycles. The van der Waals surface area contributed by atoms with E-state index in [-0.39, 0.29) is 23.9 Å². The number of ether oxygens (including phenoxy) is 1. The van der Waals surface area contributed by atoms with Gasteiger partial charge >= 0.3 is 12.8 Å². The summed E-state index contributed by atoms with van der Waals surface area (Å²) in [6.45, 7) is 3.45. The Morgan fingerprint density at radius 2 is 1.86 bits per heavy atom. The second-order valence-electron chi connectivity index (χ2n) is 9.05. The molecular weight excluding hydrogens is 477 g/mol. The van der Waals surface area contributed by atoms with Gasteiger partial charge in [-0.1, -0.05) is 40.0 Å². The van der Waals surface area contributed by atoms with E-state index >= 15 is 0 Å². The van der Waals surface area contributed by atoms with E-state index in [1.807, 2.05) is 6.08 Å². The molecule has 0 fully saturated rings. The van der Waals surface area contributed by atoms with Crippen LogP contribution in [0.2, 0.25) is 0 Å². The number of fused-ring (bicyclic) bond motifs is 1. The summed E-state index contributed by atoms with van der Waals surface area (Å²) in [5.41, 5.74) is 1.38. The van der Waals surface area contributed by atoms with Crippen molar-refractivity contribution in [3.8, 4) is 5.75 Å². The summed E-state index contributed by atoms with van der Waals surface area (Å²) in [5.74, 6) is -0.0394. The molecule has 2 heterocycles. The van der Waals surface area contributed by atoms with Gasteiger partial charge in [0.1, 0.15) is 5.75 Å². The number of benzene rings is 1. The number of hydrogen-bond donors (Lipinski definition) is 1. The lowest BCUT2D eigenvalue weighted by Gasteiger charge is -2.25. The largest absolute Gasteiger partial charge is 0.434 e. The molecule has 0 amide bonds. The minimum atomic E-state index is -4.70. The molecule has 9 heteroatoms. The lowest BCUT2D eigenvalue weighted by atomic mass is 9.93.